The van der Waals surface area contributed by atoms with E-state index < -0.39 is 37.1 Å². The molecule has 0 bridgehead atoms. The number of carbonyl (C=O) groups is 1. The van der Waals surface area contributed by atoms with Crippen molar-refractivity contribution >= 4 is 5.91 Å². The van der Waals surface area contributed by atoms with Crippen LogP contribution in [0, 0.1) is 0 Å². The first-order valence-corrected chi connectivity index (χ1v) is 9.15. The standard InChI is InChI=1S/C20H15F7N4O2/c21-18(22,19(23,24)20(25,26)27)11-33-10-12-5-4-6-13(9-12)17-29-16(15(28)32)30-31(17)14-7-2-1-3-8-14/h1-9H,10-11H2,(H2,28,32). The summed E-state index contributed by atoms with van der Waals surface area (Å²) in [5.41, 5.74) is 6.26. The predicted octanol–water partition coefficient (Wildman–Crippen LogP) is 4.38. The van der Waals surface area contributed by atoms with Crippen LogP contribution in [0.1, 0.15) is 16.2 Å². The van der Waals surface area contributed by atoms with Gasteiger partial charge in [0, 0.05) is 5.56 Å². The fourth-order valence-corrected chi connectivity index (χ4v) is 2.75. The number of hydrogen-bond acceptors (Lipinski definition) is 4. The third kappa shape index (κ3) is 4.97. The summed E-state index contributed by atoms with van der Waals surface area (Å²) < 4.78 is 95.2. The van der Waals surface area contributed by atoms with E-state index in [2.05, 4.69) is 14.8 Å². The van der Waals surface area contributed by atoms with Crippen molar-refractivity contribution in [1.29, 1.82) is 0 Å². The molecule has 2 N–H and O–H groups in total. The smallest absolute Gasteiger partial charge is 0.370 e. The van der Waals surface area contributed by atoms with E-state index >= 15 is 0 Å². The van der Waals surface area contributed by atoms with Crippen LogP contribution >= 0.6 is 0 Å². The molecule has 0 aliphatic heterocycles. The van der Waals surface area contributed by atoms with Gasteiger partial charge in [-0.1, -0.05) is 36.4 Å². The Morgan fingerprint density at radius 2 is 1.64 bits per heavy atom. The van der Waals surface area contributed by atoms with Crippen LogP contribution in [0.3, 0.4) is 0 Å². The Kier molecular flexibility index (Phi) is 6.45. The van der Waals surface area contributed by atoms with Gasteiger partial charge in [0.25, 0.3) is 5.91 Å². The number of carbonyl (C=O) groups excluding carboxylic acids is 1. The van der Waals surface area contributed by atoms with Crippen molar-refractivity contribution in [2.24, 2.45) is 5.73 Å². The summed E-state index contributed by atoms with van der Waals surface area (Å²) in [5, 5.41) is 4.04. The first-order chi connectivity index (χ1) is 15.3. The quantitative estimate of drug-likeness (QED) is 0.489. The van der Waals surface area contributed by atoms with Crippen molar-refractivity contribution < 1.29 is 40.3 Å². The van der Waals surface area contributed by atoms with E-state index in [1.165, 1.54) is 28.9 Å². The summed E-state index contributed by atoms with van der Waals surface area (Å²) in [5.74, 6) is -12.8. The van der Waals surface area contributed by atoms with Crippen molar-refractivity contribution in [3.8, 4) is 17.1 Å². The van der Waals surface area contributed by atoms with Gasteiger partial charge in [-0.05, 0) is 23.8 Å². The number of hydrogen-bond donors (Lipinski definition) is 1. The monoisotopic (exact) mass is 476 g/mol. The molecule has 0 saturated carbocycles. The molecule has 0 spiro atoms. The second-order valence-corrected chi connectivity index (χ2v) is 6.84. The van der Waals surface area contributed by atoms with Gasteiger partial charge in [-0.25, -0.2) is 9.67 Å². The maximum absolute atomic E-state index is 13.4. The Morgan fingerprint density at radius 3 is 2.24 bits per heavy atom. The minimum absolute atomic E-state index is 0.144. The molecule has 2 aromatic carbocycles. The number of amides is 1. The number of nitrogens with two attached hydrogens (primary N) is 1. The lowest BCUT2D eigenvalue weighted by Gasteiger charge is -2.27. The third-order valence-electron chi connectivity index (χ3n) is 4.38. The number of rotatable bonds is 8. The Morgan fingerprint density at radius 1 is 0.970 bits per heavy atom. The molecule has 0 unspecified atom stereocenters. The summed E-state index contributed by atoms with van der Waals surface area (Å²) in [6.45, 7) is -2.85. The highest BCUT2D eigenvalue weighted by Gasteiger charge is 2.72. The van der Waals surface area contributed by atoms with Crippen LogP contribution in [0.2, 0.25) is 0 Å². The molecule has 0 radical (unpaired) electrons. The minimum atomic E-state index is -6.43. The van der Waals surface area contributed by atoms with Gasteiger partial charge in [0.05, 0.1) is 12.3 Å². The first kappa shape index (κ1) is 24.2. The van der Waals surface area contributed by atoms with Crippen molar-refractivity contribution in [2.75, 3.05) is 6.61 Å². The predicted molar refractivity (Wildman–Crippen MR) is 101 cm³/mol. The van der Waals surface area contributed by atoms with Crippen LogP contribution in [0.25, 0.3) is 17.1 Å². The van der Waals surface area contributed by atoms with Crippen molar-refractivity contribution in [2.45, 2.75) is 24.6 Å². The molecular weight excluding hydrogens is 461 g/mol. The van der Waals surface area contributed by atoms with Crippen LogP contribution in [0.15, 0.2) is 54.6 Å². The summed E-state index contributed by atoms with van der Waals surface area (Å²) in [6.07, 6.45) is -6.43. The molecule has 0 aliphatic rings. The number of primary amides is 1. The Balaban J connectivity index is 1.83. The highest BCUT2D eigenvalue weighted by Crippen LogP contribution is 2.46. The molecule has 3 aromatic rings. The second-order valence-electron chi connectivity index (χ2n) is 6.84. The lowest BCUT2D eigenvalue weighted by molar-refractivity contribution is -0.361. The van der Waals surface area contributed by atoms with Crippen molar-refractivity contribution in [3.05, 3.63) is 66.0 Å². The molecule has 1 amide bonds. The average Bonchev–Trinajstić information content (AvgIpc) is 3.19. The third-order valence-corrected chi connectivity index (χ3v) is 4.38. The molecule has 0 fully saturated rings. The molecule has 1 aromatic heterocycles. The van der Waals surface area contributed by atoms with Crippen LogP contribution < -0.4 is 5.73 Å². The lowest BCUT2D eigenvalue weighted by atomic mass is 10.1. The summed E-state index contributed by atoms with van der Waals surface area (Å²) in [6, 6.07) is 14.2. The average molecular weight is 476 g/mol. The van der Waals surface area contributed by atoms with Crippen LogP contribution in [-0.4, -0.2) is 45.3 Å². The number of nitrogens with zero attached hydrogens (tertiary/aromatic N) is 3. The van der Waals surface area contributed by atoms with E-state index in [0.29, 0.717) is 11.3 Å². The van der Waals surface area contributed by atoms with E-state index in [1.54, 1.807) is 30.3 Å². The topological polar surface area (TPSA) is 83.0 Å². The number of aromatic nitrogens is 3. The minimum Gasteiger partial charge on any atom is -0.370 e. The zero-order chi connectivity index (χ0) is 24.4. The number of alkyl halides is 7. The largest absolute Gasteiger partial charge is 0.459 e. The van der Waals surface area contributed by atoms with Gasteiger partial charge in [0.1, 0.15) is 6.61 Å². The van der Waals surface area contributed by atoms with E-state index in [-0.39, 0.29) is 17.2 Å². The molecule has 3 rings (SSSR count). The Hall–Kier alpha value is -3.48. The van der Waals surface area contributed by atoms with E-state index in [1.807, 2.05) is 0 Å². The molecule has 176 valence electrons. The van der Waals surface area contributed by atoms with Gasteiger partial charge in [-0.15, -0.1) is 5.10 Å². The molecule has 0 atom stereocenters. The molecule has 0 saturated heterocycles. The summed E-state index contributed by atoms with van der Waals surface area (Å²) >= 11 is 0. The van der Waals surface area contributed by atoms with Gasteiger partial charge in [0.15, 0.2) is 5.82 Å². The molecule has 6 nitrogen and oxygen atoms in total. The molecular formula is C20H15F7N4O2. The normalized spacial score (nSPS) is 12.7. The number of benzene rings is 2. The molecule has 1 heterocycles. The van der Waals surface area contributed by atoms with Gasteiger partial charge < -0.3 is 10.5 Å². The van der Waals surface area contributed by atoms with Crippen molar-refractivity contribution in [3.63, 3.8) is 0 Å². The molecule has 13 heteroatoms. The van der Waals surface area contributed by atoms with E-state index in [4.69, 9.17) is 5.73 Å². The molecule has 0 aliphatic carbocycles. The van der Waals surface area contributed by atoms with Crippen molar-refractivity contribution in [1.82, 2.24) is 14.8 Å². The van der Waals surface area contributed by atoms with E-state index in [0.717, 1.165) is 0 Å². The van der Waals surface area contributed by atoms with Gasteiger partial charge in [-0.2, -0.15) is 30.7 Å². The SMILES string of the molecule is NC(=O)c1nc(-c2cccc(COCC(F)(F)C(F)(F)C(F)(F)F)c2)n(-c2ccccc2)n1. The Labute approximate surface area is 181 Å². The maximum atomic E-state index is 13.4. The van der Waals surface area contributed by atoms with Gasteiger partial charge in [0.2, 0.25) is 5.82 Å². The van der Waals surface area contributed by atoms with Gasteiger partial charge in [-0.3, -0.25) is 4.79 Å². The van der Waals surface area contributed by atoms with Crippen LogP contribution in [0.5, 0.6) is 0 Å². The number of para-hydroxylation sites is 1. The van der Waals surface area contributed by atoms with Gasteiger partial charge >= 0.3 is 18.0 Å². The highest BCUT2D eigenvalue weighted by atomic mass is 19.4. The van der Waals surface area contributed by atoms with Crippen LogP contribution in [0.4, 0.5) is 30.7 Å². The summed E-state index contributed by atoms with van der Waals surface area (Å²) in [7, 11) is 0. The number of ether oxygens (including phenoxy) is 1. The Bertz CT molecular complexity index is 1130. The second kappa shape index (κ2) is 8.81. The van der Waals surface area contributed by atoms with E-state index in [9.17, 15) is 35.5 Å². The zero-order valence-electron chi connectivity index (χ0n) is 16.5. The lowest BCUT2D eigenvalue weighted by Crippen LogP contribution is -2.54. The molecule has 33 heavy (non-hydrogen) atoms. The van der Waals surface area contributed by atoms with Crippen LogP contribution in [-0.2, 0) is 11.3 Å². The number of halogens is 7. The fraction of sp³-hybridized carbons (Fsp3) is 0.250. The first-order valence-electron chi connectivity index (χ1n) is 9.15. The highest BCUT2D eigenvalue weighted by molar-refractivity contribution is 5.89. The zero-order valence-corrected chi connectivity index (χ0v) is 16.5. The fourth-order valence-electron chi connectivity index (χ4n) is 2.75. The summed E-state index contributed by atoms with van der Waals surface area (Å²) in [4.78, 5) is 15.6. The maximum Gasteiger partial charge on any atom is 0.459 e.